The predicted octanol–water partition coefficient (Wildman–Crippen LogP) is 3.28. The maximum Gasteiger partial charge on any atom is 0.267 e. The number of nitrogens with zero attached hydrogens (tertiary/aromatic N) is 1. The molecule has 0 unspecified atom stereocenters. The van der Waals surface area contributed by atoms with Gasteiger partial charge in [-0.15, -0.1) is 0 Å². The summed E-state index contributed by atoms with van der Waals surface area (Å²) in [5.74, 6) is 0. The molecule has 19 heavy (non-hydrogen) atoms. The Morgan fingerprint density at radius 3 is 2.68 bits per heavy atom. The van der Waals surface area contributed by atoms with Crippen LogP contribution in [0.1, 0.15) is 29.5 Å². The molecular weight excluding hydrogens is 260 g/mol. The monoisotopic (exact) mass is 274 g/mol. The molecule has 0 fully saturated rings. The average Bonchev–Trinajstić information content (AvgIpc) is 2.43. The van der Waals surface area contributed by atoms with Crippen LogP contribution in [0.5, 0.6) is 0 Å². The Morgan fingerprint density at radius 1 is 1.21 bits per heavy atom. The van der Waals surface area contributed by atoms with Crippen LogP contribution >= 0.6 is 11.6 Å². The van der Waals surface area contributed by atoms with E-state index in [-0.39, 0.29) is 5.56 Å². The van der Waals surface area contributed by atoms with Crippen molar-refractivity contribution in [3.63, 3.8) is 0 Å². The van der Waals surface area contributed by atoms with Crippen LogP contribution in [-0.2, 0) is 12.8 Å². The maximum absolute atomic E-state index is 11.8. The Kier molecular flexibility index (Phi) is 3.15. The van der Waals surface area contributed by atoms with Gasteiger partial charge in [-0.25, -0.2) is 5.10 Å². The van der Waals surface area contributed by atoms with E-state index in [1.54, 1.807) is 0 Å². The van der Waals surface area contributed by atoms with Crippen molar-refractivity contribution in [3.05, 3.63) is 50.3 Å². The lowest BCUT2D eigenvalue weighted by Crippen LogP contribution is -2.21. The minimum absolute atomic E-state index is 0.0378. The molecule has 3 rings (SSSR count). The summed E-state index contributed by atoms with van der Waals surface area (Å²) in [7, 11) is 0. The number of hydrogen-bond acceptors (Lipinski definition) is 2. The molecule has 98 valence electrons. The Hall–Kier alpha value is -1.61. The van der Waals surface area contributed by atoms with E-state index >= 15 is 0 Å². The molecular formula is C15H15ClN2O. The molecule has 2 aromatic rings. The molecule has 0 amide bonds. The molecule has 1 aromatic carbocycles. The molecule has 1 aliphatic rings. The van der Waals surface area contributed by atoms with Crippen LogP contribution in [0.25, 0.3) is 11.3 Å². The van der Waals surface area contributed by atoms with E-state index in [9.17, 15) is 4.79 Å². The molecule has 0 radical (unpaired) electrons. The highest BCUT2D eigenvalue weighted by Gasteiger charge is 2.18. The molecule has 1 aromatic heterocycles. The van der Waals surface area contributed by atoms with Gasteiger partial charge in [0.1, 0.15) is 0 Å². The number of rotatable bonds is 1. The van der Waals surface area contributed by atoms with Crippen molar-refractivity contribution in [2.45, 2.75) is 32.6 Å². The smallest absolute Gasteiger partial charge is 0.267 e. The fraction of sp³-hybridized carbons (Fsp3) is 0.333. The molecule has 1 N–H and O–H groups in total. The van der Waals surface area contributed by atoms with Gasteiger partial charge in [-0.05, 0) is 55.9 Å². The normalized spacial score (nSPS) is 14.2. The number of H-pyrrole nitrogens is 1. The van der Waals surface area contributed by atoms with E-state index in [0.717, 1.165) is 58.7 Å². The Balaban J connectivity index is 2.20. The van der Waals surface area contributed by atoms with Crippen LogP contribution in [0.2, 0.25) is 5.02 Å². The first-order chi connectivity index (χ1) is 9.16. The van der Waals surface area contributed by atoms with E-state index in [4.69, 9.17) is 11.6 Å². The first-order valence-electron chi connectivity index (χ1n) is 6.54. The van der Waals surface area contributed by atoms with E-state index < -0.39 is 0 Å². The molecule has 0 atom stereocenters. The van der Waals surface area contributed by atoms with Gasteiger partial charge in [-0.2, -0.15) is 5.10 Å². The van der Waals surface area contributed by atoms with Gasteiger partial charge in [-0.1, -0.05) is 17.7 Å². The first kappa shape index (κ1) is 12.4. The van der Waals surface area contributed by atoms with Gasteiger partial charge in [0.2, 0.25) is 0 Å². The first-order valence-corrected chi connectivity index (χ1v) is 6.91. The Labute approximate surface area is 116 Å². The van der Waals surface area contributed by atoms with Crippen molar-refractivity contribution >= 4 is 11.6 Å². The van der Waals surface area contributed by atoms with Gasteiger partial charge in [0, 0.05) is 16.1 Å². The SMILES string of the molecule is Cc1cc(-c2n[nH]c(=O)c3c2CCCC3)ccc1Cl. The van der Waals surface area contributed by atoms with E-state index in [1.807, 2.05) is 25.1 Å². The lowest BCUT2D eigenvalue weighted by atomic mass is 9.89. The summed E-state index contributed by atoms with van der Waals surface area (Å²) >= 11 is 6.06. The second-order valence-corrected chi connectivity index (χ2v) is 5.44. The van der Waals surface area contributed by atoms with Gasteiger partial charge in [0.15, 0.2) is 0 Å². The summed E-state index contributed by atoms with van der Waals surface area (Å²) in [6.45, 7) is 1.98. The van der Waals surface area contributed by atoms with Gasteiger partial charge in [-0.3, -0.25) is 4.79 Å². The van der Waals surface area contributed by atoms with Crippen molar-refractivity contribution in [2.24, 2.45) is 0 Å². The number of fused-ring (bicyclic) bond motifs is 1. The third-order valence-electron chi connectivity index (χ3n) is 3.73. The summed E-state index contributed by atoms with van der Waals surface area (Å²) in [4.78, 5) is 11.8. The minimum atomic E-state index is -0.0378. The van der Waals surface area contributed by atoms with Gasteiger partial charge < -0.3 is 0 Å². The van der Waals surface area contributed by atoms with Crippen LogP contribution < -0.4 is 5.56 Å². The van der Waals surface area contributed by atoms with Crippen molar-refractivity contribution in [2.75, 3.05) is 0 Å². The second kappa shape index (κ2) is 4.82. The van der Waals surface area contributed by atoms with E-state index in [0.29, 0.717) is 0 Å². The highest BCUT2D eigenvalue weighted by molar-refractivity contribution is 6.31. The minimum Gasteiger partial charge on any atom is -0.268 e. The number of halogens is 1. The summed E-state index contributed by atoms with van der Waals surface area (Å²) in [5, 5.41) is 7.63. The van der Waals surface area contributed by atoms with Crippen LogP contribution in [0.15, 0.2) is 23.0 Å². The summed E-state index contributed by atoms with van der Waals surface area (Å²) < 4.78 is 0. The van der Waals surface area contributed by atoms with Crippen molar-refractivity contribution in [1.29, 1.82) is 0 Å². The molecule has 4 heteroatoms. The van der Waals surface area contributed by atoms with E-state index in [2.05, 4.69) is 10.2 Å². The summed E-state index contributed by atoms with van der Waals surface area (Å²) in [5.41, 5.74) is 4.92. The zero-order valence-electron chi connectivity index (χ0n) is 10.8. The lowest BCUT2D eigenvalue weighted by Gasteiger charge is -2.17. The standard InChI is InChI=1S/C15H15ClN2O/c1-9-8-10(6-7-13(9)16)14-11-4-2-3-5-12(11)15(19)18-17-14/h6-8H,2-5H2,1H3,(H,18,19). The third-order valence-corrected chi connectivity index (χ3v) is 4.15. The molecule has 3 nitrogen and oxygen atoms in total. The highest BCUT2D eigenvalue weighted by atomic mass is 35.5. The fourth-order valence-electron chi connectivity index (χ4n) is 2.69. The number of hydrogen-bond donors (Lipinski definition) is 1. The van der Waals surface area contributed by atoms with Crippen LogP contribution in [0.4, 0.5) is 0 Å². The van der Waals surface area contributed by atoms with Crippen LogP contribution in [0, 0.1) is 6.92 Å². The zero-order chi connectivity index (χ0) is 13.4. The molecule has 0 saturated carbocycles. The third kappa shape index (κ3) is 2.19. The van der Waals surface area contributed by atoms with Crippen molar-refractivity contribution < 1.29 is 0 Å². The van der Waals surface area contributed by atoms with Crippen molar-refractivity contribution in [3.8, 4) is 11.3 Å². The summed E-state index contributed by atoms with van der Waals surface area (Å²) in [6.07, 6.45) is 3.99. The quantitative estimate of drug-likeness (QED) is 0.867. The number of aryl methyl sites for hydroxylation is 1. The number of aromatic amines is 1. The molecule has 1 aliphatic carbocycles. The molecule has 1 heterocycles. The largest absolute Gasteiger partial charge is 0.268 e. The fourth-order valence-corrected chi connectivity index (χ4v) is 2.81. The van der Waals surface area contributed by atoms with Gasteiger partial charge in [0.25, 0.3) is 5.56 Å². The second-order valence-electron chi connectivity index (χ2n) is 5.03. The molecule has 0 aliphatic heterocycles. The predicted molar refractivity (Wildman–Crippen MR) is 76.7 cm³/mol. The highest BCUT2D eigenvalue weighted by Crippen LogP contribution is 2.29. The molecule has 0 spiro atoms. The van der Waals surface area contributed by atoms with Crippen molar-refractivity contribution in [1.82, 2.24) is 10.2 Å². The number of benzene rings is 1. The topological polar surface area (TPSA) is 45.8 Å². The zero-order valence-corrected chi connectivity index (χ0v) is 11.5. The molecule has 0 bridgehead atoms. The van der Waals surface area contributed by atoms with Crippen LogP contribution in [0.3, 0.4) is 0 Å². The summed E-state index contributed by atoms with van der Waals surface area (Å²) in [6, 6.07) is 5.87. The Morgan fingerprint density at radius 2 is 1.95 bits per heavy atom. The maximum atomic E-state index is 11.8. The Bertz CT molecular complexity index is 691. The molecule has 0 saturated heterocycles. The van der Waals surface area contributed by atoms with Gasteiger partial charge in [0.05, 0.1) is 5.69 Å². The lowest BCUT2D eigenvalue weighted by molar-refractivity contribution is 0.669. The van der Waals surface area contributed by atoms with E-state index in [1.165, 1.54) is 0 Å². The van der Waals surface area contributed by atoms with Crippen LogP contribution in [-0.4, -0.2) is 10.2 Å². The number of aromatic nitrogens is 2. The average molecular weight is 275 g/mol. The van der Waals surface area contributed by atoms with Gasteiger partial charge >= 0.3 is 0 Å². The number of nitrogens with one attached hydrogen (secondary N) is 1.